The maximum atomic E-state index is 13.2. The molecule has 2 aromatic heterocycles. The Kier molecular flexibility index (Phi) is 5.97. The van der Waals surface area contributed by atoms with Crippen molar-refractivity contribution in [1.82, 2.24) is 10.2 Å². The third-order valence-electron chi connectivity index (χ3n) is 5.46. The van der Waals surface area contributed by atoms with Crippen molar-refractivity contribution in [2.24, 2.45) is 0 Å². The number of anilines is 1. The summed E-state index contributed by atoms with van der Waals surface area (Å²) in [5.74, 6) is 0.656. The second-order valence-electron chi connectivity index (χ2n) is 7.37. The van der Waals surface area contributed by atoms with Crippen LogP contribution in [-0.4, -0.2) is 21.9 Å². The van der Waals surface area contributed by atoms with E-state index in [1.807, 2.05) is 41.8 Å². The van der Waals surface area contributed by atoms with E-state index in [9.17, 15) is 9.59 Å². The van der Waals surface area contributed by atoms with E-state index in [0.29, 0.717) is 23.7 Å². The number of hydrogen-bond donors (Lipinski definition) is 0. The average molecular weight is 488 g/mol. The predicted molar refractivity (Wildman–Crippen MR) is 126 cm³/mol. The van der Waals surface area contributed by atoms with Crippen molar-refractivity contribution < 1.29 is 9.59 Å². The summed E-state index contributed by atoms with van der Waals surface area (Å²) in [7, 11) is 0. The number of hydrogen-bond acceptors (Lipinski definition) is 7. The molecule has 0 fully saturated rings. The first-order valence-electron chi connectivity index (χ1n) is 9.94. The van der Waals surface area contributed by atoms with Gasteiger partial charge in [-0.3, -0.25) is 14.5 Å². The van der Waals surface area contributed by atoms with Crippen LogP contribution in [0.25, 0.3) is 0 Å². The first kappa shape index (κ1) is 20.9. The zero-order valence-electron chi connectivity index (χ0n) is 16.4. The minimum atomic E-state index is -0.145. The van der Waals surface area contributed by atoms with E-state index in [-0.39, 0.29) is 24.0 Å². The number of thioether (sulfide) groups is 1. The highest BCUT2D eigenvalue weighted by Gasteiger charge is 2.41. The van der Waals surface area contributed by atoms with Crippen LogP contribution in [0.1, 0.15) is 42.0 Å². The van der Waals surface area contributed by atoms with Crippen LogP contribution in [0.4, 0.5) is 5.13 Å². The number of amides is 1. The number of ketones is 1. The van der Waals surface area contributed by atoms with Crippen molar-refractivity contribution in [2.75, 3.05) is 4.90 Å². The Morgan fingerprint density at radius 1 is 1.13 bits per heavy atom. The molecule has 31 heavy (non-hydrogen) atoms. The Bertz CT molecular complexity index is 1170. The molecule has 0 spiro atoms. The van der Waals surface area contributed by atoms with E-state index in [1.54, 1.807) is 28.0 Å². The minimum absolute atomic E-state index is 0.0225. The lowest BCUT2D eigenvalue weighted by molar-refractivity contribution is -0.119. The highest BCUT2D eigenvalue weighted by atomic mass is 35.5. The van der Waals surface area contributed by atoms with Crippen LogP contribution in [0.15, 0.2) is 57.4 Å². The molecule has 158 valence electrons. The number of carbonyl (C=O) groups excluding carboxylic acids is 2. The standard InChI is InChI=1S/C22H18ClN3O2S3/c23-15-6-2-1-5-13(15)12-30-22-25-24-21(31-22)26-16-7-3-8-17(27)20(16)14(11-19(26)28)18-9-4-10-29-18/h1-2,4-6,9-10,14H,3,7-8,11-12H2/t14-/m0/s1. The number of allylic oxidation sites excluding steroid dienone is 2. The van der Waals surface area contributed by atoms with Crippen molar-refractivity contribution >= 4 is 62.9 Å². The molecule has 1 aliphatic heterocycles. The number of rotatable bonds is 5. The fraction of sp³-hybridized carbons (Fsp3) is 0.273. The molecule has 0 unspecified atom stereocenters. The van der Waals surface area contributed by atoms with Gasteiger partial charge < -0.3 is 0 Å². The molecule has 0 bridgehead atoms. The Morgan fingerprint density at radius 2 is 2.00 bits per heavy atom. The number of halogens is 1. The van der Waals surface area contributed by atoms with Gasteiger partial charge in [0, 0.05) is 45.7 Å². The Morgan fingerprint density at radius 3 is 2.81 bits per heavy atom. The van der Waals surface area contributed by atoms with Crippen LogP contribution in [-0.2, 0) is 15.3 Å². The number of benzene rings is 1. The second-order valence-corrected chi connectivity index (χ2v) is 10.9. The zero-order valence-corrected chi connectivity index (χ0v) is 19.6. The van der Waals surface area contributed by atoms with Gasteiger partial charge in [-0.1, -0.05) is 59.0 Å². The molecule has 0 saturated carbocycles. The molecular formula is C22H18ClN3O2S3. The Balaban J connectivity index is 1.44. The van der Waals surface area contributed by atoms with Crippen LogP contribution in [0.5, 0.6) is 0 Å². The molecule has 1 amide bonds. The highest BCUT2D eigenvalue weighted by molar-refractivity contribution is 8.00. The molecule has 0 N–H and O–H groups in total. The van der Waals surface area contributed by atoms with Crippen molar-refractivity contribution in [3.8, 4) is 0 Å². The largest absolute Gasteiger partial charge is 0.294 e. The van der Waals surface area contributed by atoms with Gasteiger partial charge in [0.05, 0.1) is 0 Å². The maximum absolute atomic E-state index is 13.2. The monoisotopic (exact) mass is 487 g/mol. The molecule has 1 aliphatic carbocycles. The molecule has 1 aromatic carbocycles. The molecule has 0 radical (unpaired) electrons. The summed E-state index contributed by atoms with van der Waals surface area (Å²) < 4.78 is 0.771. The molecule has 9 heteroatoms. The van der Waals surface area contributed by atoms with Crippen molar-refractivity contribution in [2.45, 2.75) is 41.7 Å². The fourth-order valence-electron chi connectivity index (χ4n) is 4.05. The zero-order chi connectivity index (χ0) is 21.4. The summed E-state index contributed by atoms with van der Waals surface area (Å²) in [6, 6.07) is 11.7. The number of aromatic nitrogens is 2. The van der Waals surface area contributed by atoms with Gasteiger partial charge in [0.1, 0.15) is 0 Å². The lowest BCUT2D eigenvalue weighted by Gasteiger charge is -2.36. The summed E-state index contributed by atoms with van der Waals surface area (Å²) in [5, 5.41) is 11.8. The fourth-order valence-corrected chi connectivity index (χ4v) is 7.06. The minimum Gasteiger partial charge on any atom is -0.294 e. The van der Waals surface area contributed by atoms with Gasteiger partial charge >= 0.3 is 0 Å². The molecule has 5 rings (SSSR count). The van der Waals surface area contributed by atoms with E-state index >= 15 is 0 Å². The Labute approximate surface area is 197 Å². The molecule has 1 atom stereocenters. The van der Waals surface area contributed by atoms with Gasteiger partial charge in [0.2, 0.25) is 11.0 Å². The van der Waals surface area contributed by atoms with Crippen molar-refractivity contribution in [3.05, 3.63) is 68.5 Å². The molecule has 5 nitrogen and oxygen atoms in total. The topological polar surface area (TPSA) is 63.2 Å². The molecule has 2 aliphatic rings. The van der Waals surface area contributed by atoms with Gasteiger partial charge in [-0.15, -0.1) is 21.5 Å². The lowest BCUT2D eigenvalue weighted by atomic mass is 9.80. The summed E-state index contributed by atoms with van der Waals surface area (Å²) in [4.78, 5) is 28.8. The summed E-state index contributed by atoms with van der Waals surface area (Å²) in [6.45, 7) is 0. The average Bonchev–Trinajstić information content (AvgIpc) is 3.45. The SMILES string of the molecule is O=C1CCCC2=C1[C@H](c1cccs1)CC(=O)N2c1nnc(SCc2ccccc2Cl)s1. The lowest BCUT2D eigenvalue weighted by Crippen LogP contribution is -2.40. The number of thiophene rings is 1. The van der Waals surface area contributed by atoms with Crippen LogP contribution in [0, 0.1) is 0 Å². The van der Waals surface area contributed by atoms with E-state index in [0.717, 1.165) is 37.5 Å². The maximum Gasteiger partial charge on any atom is 0.234 e. The van der Waals surface area contributed by atoms with Crippen molar-refractivity contribution in [1.29, 1.82) is 0 Å². The number of nitrogens with zero attached hydrogens (tertiary/aromatic N) is 3. The highest BCUT2D eigenvalue weighted by Crippen LogP contribution is 2.45. The van der Waals surface area contributed by atoms with Crippen LogP contribution < -0.4 is 4.90 Å². The van der Waals surface area contributed by atoms with Gasteiger partial charge in [-0.2, -0.15) is 0 Å². The molecule has 0 saturated heterocycles. The van der Waals surface area contributed by atoms with E-state index in [2.05, 4.69) is 10.2 Å². The van der Waals surface area contributed by atoms with Crippen molar-refractivity contribution in [3.63, 3.8) is 0 Å². The van der Waals surface area contributed by atoms with Crippen LogP contribution in [0.3, 0.4) is 0 Å². The molecular weight excluding hydrogens is 470 g/mol. The quantitative estimate of drug-likeness (QED) is 0.322. The third kappa shape index (κ3) is 4.09. The summed E-state index contributed by atoms with van der Waals surface area (Å²) in [6.07, 6.45) is 2.28. The normalized spacial score (nSPS) is 19.1. The van der Waals surface area contributed by atoms with Gasteiger partial charge in [-0.25, -0.2) is 0 Å². The van der Waals surface area contributed by atoms with Gasteiger partial charge in [-0.05, 0) is 35.9 Å². The van der Waals surface area contributed by atoms with Crippen LogP contribution >= 0.6 is 46.0 Å². The van der Waals surface area contributed by atoms with Crippen LogP contribution in [0.2, 0.25) is 5.02 Å². The molecule has 3 aromatic rings. The van der Waals surface area contributed by atoms with E-state index in [4.69, 9.17) is 11.6 Å². The van der Waals surface area contributed by atoms with Gasteiger partial charge in [0.25, 0.3) is 0 Å². The molecule has 3 heterocycles. The van der Waals surface area contributed by atoms with E-state index in [1.165, 1.54) is 11.3 Å². The summed E-state index contributed by atoms with van der Waals surface area (Å²) in [5.41, 5.74) is 2.63. The predicted octanol–water partition coefficient (Wildman–Crippen LogP) is 6.07. The summed E-state index contributed by atoms with van der Waals surface area (Å²) >= 11 is 10.8. The van der Waals surface area contributed by atoms with Gasteiger partial charge in [0.15, 0.2) is 10.1 Å². The Hall–Kier alpha value is -2.00. The first-order chi connectivity index (χ1) is 15.1. The first-order valence-corrected chi connectivity index (χ1v) is 13.0. The van der Waals surface area contributed by atoms with E-state index < -0.39 is 0 Å². The second kappa shape index (κ2) is 8.86. The number of Topliss-reactive ketones (excluding diaryl/α,β-unsaturated/α-hetero) is 1. The number of carbonyl (C=O) groups is 2. The third-order valence-corrected chi connectivity index (χ3v) is 8.90. The smallest absolute Gasteiger partial charge is 0.234 e.